The van der Waals surface area contributed by atoms with Crippen LogP contribution in [-0.2, 0) is 0 Å². The van der Waals surface area contributed by atoms with Crippen LogP contribution in [0.15, 0.2) is 12.4 Å². The van der Waals surface area contributed by atoms with Gasteiger partial charge in [-0.25, -0.2) is 9.97 Å². The molecule has 1 aliphatic heterocycles. The molecule has 5 heteroatoms. The van der Waals surface area contributed by atoms with Crippen molar-refractivity contribution in [3.63, 3.8) is 0 Å². The zero-order chi connectivity index (χ0) is 13.7. The Hall–Kier alpha value is -1.36. The van der Waals surface area contributed by atoms with Crippen LogP contribution < -0.4 is 15.5 Å². The van der Waals surface area contributed by atoms with Crippen molar-refractivity contribution in [2.75, 3.05) is 43.0 Å². The molecule has 0 saturated carbocycles. The van der Waals surface area contributed by atoms with Crippen LogP contribution in [0.25, 0.3) is 0 Å². The summed E-state index contributed by atoms with van der Waals surface area (Å²) in [5, 5.41) is 0. The van der Waals surface area contributed by atoms with Crippen LogP contribution in [0.4, 0.5) is 11.6 Å². The Morgan fingerprint density at radius 2 is 2.11 bits per heavy atom. The lowest BCUT2D eigenvalue weighted by Crippen LogP contribution is -2.36. The first-order chi connectivity index (χ1) is 9.24. The van der Waals surface area contributed by atoms with Crippen molar-refractivity contribution < 1.29 is 0 Å². The second-order valence-electron chi connectivity index (χ2n) is 5.32. The Bertz CT molecular complexity index is 387. The third kappa shape index (κ3) is 3.56. The van der Waals surface area contributed by atoms with Crippen molar-refractivity contribution in [2.24, 2.45) is 11.7 Å². The van der Waals surface area contributed by atoms with Gasteiger partial charge >= 0.3 is 0 Å². The fraction of sp³-hybridized carbons (Fsp3) is 0.714. The maximum atomic E-state index is 5.73. The molecule has 106 valence electrons. The first-order valence-corrected chi connectivity index (χ1v) is 7.22. The van der Waals surface area contributed by atoms with Gasteiger partial charge in [-0.3, -0.25) is 0 Å². The normalized spacial score (nSPS) is 16.7. The van der Waals surface area contributed by atoms with Crippen LogP contribution >= 0.6 is 0 Å². The topological polar surface area (TPSA) is 58.3 Å². The van der Waals surface area contributed by atoms with Gasteiger partial charge in [0, 0.05) is 32.7 Å². The van der Waals surface area contributed by atoms with Crippen LogP contribution in [-0.4, -0.2) is 43.2 Å². The van der Waals surface area contributed by atoms with E-state index in [4.69, 9.17) is 5.73 Å². The van der Waals surface area contributed by atoms with Gasteiger partial charge in [0.2, 0.25) is 0 Å². The van der Waals surface area contributed by atoms with Crippen molar-refractivity contribution in [3.8, 4) is 0 Å². The Balaban J connectivity index is 2.03. The average molecular weight is 263 g/mol. The zero-order valence-electron chi connectivity index (χ0n) is 12.0. The molecule has 0 amide bonds. The molecular formula is C14H25N5. The zero-order valence-corrected chi connectivity index (χ0v) is 12.0. The lowest BCUT2D eigenvalue weighted by molar-refractivity contribution is 0.413. The highest BCUT2D eigenvalue weighted by Gasteiger charge is 2.19. The van der Waals surface area contributed by atoms with Crippen LogP contribution in [0.5, 0.6) is 0 Å². The van der Waals surface area contributed by atoms with Gasteiger partial charge in [0.1, 0.15) is 18.0 Å². The third-order valence-corrected chi connectivity index (χ3v) is 3.86. The summed E-state index contributed by atoms with van der Waals surface area (Å²) in [6.07, 6.45) is 5.13. The maximum Gasteiger partial charge on any atom is 0.134 e. The van der Waals surface area contributed by atoms with Crippen LogP contribution in [0.2, 0.25) is 0 Å². The summed E-state index contributed by atoms with van der Waals surface area (Å²) in [7, 11) is 2.08. The van der Waals surface area contributed by atoms with E-state index >= 15 is 0 Å². The van der Waals surface area contributed by atoms with E-state index in [1.165, 1.54) is 12.8 Å². The fourth-order valence-corrected chi connectivity index (χ4v) is 2.57. The smallest absolute Gasteiger partial charge is 0.134 e. The third-order valence-electron chi connectivity index (χ3n) is 3.86. The van der Waals surface area contributed by atoms with E-state index in [2.05, 4.69) is 39.8 Å². The SMILES string of the molecule is CCCN(C)c1cc(N2CCC(CN)CC2)ncn1. The standard InChI is InChI=1S/C14H25N5/c1-3-6-18(2)13-9-14(17-11-16-13)19-7-4-12(10-15)5-8-19/h9,11-12H,3-8,10,15H2,1-2H3. The predicted molar refractivity (Wildman–Crippen MR) is 79.6 cm³/mol. The fourth-order valence-electron chi connectivity index (χ4n) is 2.57. The largest absolute Gasteiger partial charge is 0.360 e. The summed E-state index contributed by atoms with van der Waals surface area (Å²) < 4.78 is 0. The van der Waals surface area contributed by atoms with E-state index in [0.29, 0.717) is 5.92 Å². The van der Waals surface area contributed by atoms with Gasteiger partial charge < -0.3 is 15.5 Å². The monoisotopic (exact) mass is 263 g/mol. The van der Waals surface area contributed by atoms with Gasteiger partial charge in [0.25, 0.3) is 0 Å². The Morgan fingerprint density at radius 3 is 2.74 bits per heavy atom. The molecule has 0 unspecified atom stereocenters. The number of aromatic nitrogens is 2. The molecular weight excluding hydrogens is 238 g/mol. The number of hydrogen-bond donors (Lipinski definition) is 1. The number of anilines is 2. The second-order valence-corrected chi connectivity index (χ2v) is 5.32. The number of piperidine rings is 1. The molecule has 0 radical (unpaired) electrons. The molecule has 2 rings (SSSR count). The van der Waals surface area contributed by atoms with Gasteiger partial charge in [0.05, 0.1) is 0 Å². The molecule has 1 aliphatic rings. The summed E-state index contributed by atoms with van der Waals surface area (Å²) in [5.41, 5.74) is 5.73. The van der Waals surface area contributed by atoms with Crippen LogP contribution in [0.1, 0.15) is 26.2 Å². The van der Waals surface area contributed by atoms with Gasteiger partial charge in [-0.1, -0.05) is 6.92 Å². The number of nitrogens with zero attached hydrogens (tertiary/aromatic N) is 4. The molecule has 0 spiro atoms. The van der Waals surface area contributed by atoms with Gasteiger partial charge in [0.15, 0.2) is 0 Å². The van der Waals surface area contributed by atoms with Crippen molar-refractivity contribution in [1.29, 1.82) is 0 Å². The van der Waals surface area contributed by atoms with Gasteiger partial charge in [-0.05, 0) is 31.7 Å². The summed E-state index contributed by atoms with van der Waals surface area (Å²) in [4.78, 5) is 13.3. The van der Waals surface area contributed by atoms with Crippen molar-refractivity contribution in [2.45, 2.75) is 26.2 Å². The summed E-state index contributed by atoms with van der Waals surface area (Å²) >= 11 is 0. The molecule has 19 heavy (non-hydrogen) atoms. The summed E-state index contributed by atoms with van der Waals surface area (Å²) in [6.45, 7) is 6.11. The lowest BCUT2D eigenvalue weighted by atomic mass is 9.97. The summed E-state index contributed by atoms with van der Waals surface area (Å²) in [6, 6.07) is 2.10. The van der Waals surface area contributed by atoms with E-state index < -0.39 is 0 Å². The Kier molecular flexibility index (Phi) is 4.96. The highest BCUT2D eigenvalue weighted by molar-refractivity contribution is 5.49. The molecule has 0 aliphatic carbocycles. The lowest BCUT2D eigenvalue weighted by Gasteiger charge is -2.32. The molecule has 2 N–H and O–H groups in total. The van der Waals surface area contributed by atoms with E-state index in [1.54, 1.807) is 6.33 Å². The highest BCUT2D eigenvalue weighted by Crippen LogP contribution is 2.23. The van der Waals surface area contributed by atoms with Crippen molar-refractivity contribution in [3.05, 3.63) is 12.4 Å². The number of rotatable bonds is 5. The highest BCUT2D eigenvalue weighted by atomic mass is 15.2. The van der Waals surface area contributed by atoms with E-state index in [1.807, 2.05) is 0 Å². The van der Waals surface area contributed by atoms with E-state index in [-0.39, 0.29) is 0 Å². The molecule has 1 aromatic rings. The van der Waals surface area contributed by atoms with Crippen LogP contribution in [0, 0.1) is 5.92 Å². The minimum Gasteiger partial charge on any atom is -0.360 e. The molecule has 0 bridgehead atoms. The van der Waals surface area contributed by atoms with Gasteiger partial charge in [-0.2, -0.15) is 0 Å². The molecule has 1 saturated heterocycles. The molecule has 0 aromatic carbocycles. The minimum atomic E-state index is 0.681. The molecule has 1 fully saturated rings. The van der Waals surface area contributed by atoms with E-state index in [9.17, 15) is 0 Å². The number of nitrogens with two attached hydrogens (primary N) is 1. The Labute approximate surface area is 115 Å². The minimum absolute atomic E-state index is 0.681. The Morgan fingerprint density at radius 1 is 1.37 bits per heavy atom. The summed E-state index contributed by atoms with van der Waals surface area (Å²) in [5.74, 6) is 2.73. The van der Waals surface area contributed by atoms with Crippen molar-refractivity contribution in [1.82, 2.24) is 9.97 Å². The van der Waals surface area contributed by atoms with Crippen LogP contribution in [0.3, 0.4) is 0 Å². The first-order valence-electron chi connectivity index (χ1n) is 7.22. The quantitative estimate of drug-likeness (QED) is 0.872. The molecule has 5 nitrogen and oxygen atoms in total. The predicted octanol–water partition coefficient (Wildman–Crippen LogP) is 1.50. The molecule has 2 heterocycles. The van der Waals surface area contributed by atoms with Crippen molar-refractivity contribution >= 4 is 11.6 Å². The van der Waals surface area contributed by atoms with E-state index in [0.717, 1.165) is 44.2 Å². The first kappa shape index (κ1) is 14.1. The maximum absolute atomic E-state index is 5.73. The van der Waals surface area contributed by atoms with Gasteiger partial charge in [-0.15, -0.1) is 0 Å². The number of hydrogen-bond acceptors (Lipinski definition) is 5. The average Bonchev–Trinajstić information content (AvgIpc) is 2.48. The molecule has 0 atom stereocenters. The second kappa shape index (κ2) is 6.70. The molecule has 1 aromatic heterocycles.